The van der Waals surface area contributed by atoms with Crippen molar-refractivity contribution in [3.05, 3.63) is 0 Å². The molecule has 0 heterocycles. The first-order chi connectivity index (χ1) is 5.23. The van der Waals surface area contributed by atoms with Gasteiger partial charge in [0.25, 0.3) is 0 Å². The maximum absolute atomic E-state index is 2.42. The molecule has 0 aromatic carbocycles. The molecule has 0 aromatic rings. The van der Waals surface area contributed by atoms with Crippen molar-refractivity contribution in [1.82, 2.24) is 0 Å². The first kappa shape index (κ1) is 12.1. The third kappa shape index (κ3) is 2.84. The Kier molecular flexibility index (Phi) is 3.87. The van der Waals surface area contributed by atoms with Crippen LogP contribution in [0.3, 0.4) is 0 Å². The maximum atomic E-state index is 2.42. The molecule has 0 rings (SSSR count). The van der Waals surface area contributed by atoms with Gasteiger partial charge in [0.1, 0.15) is 7.85 Å². The van der Waals surface area contributed by atoms with Gasteiger partial charge < -0.3 is 0 Å². The minimum absolute atomic E-state index is 0.437. The van der Waals surface area contributed by atoms with Gasteiger partial charge in [0.2, 0.25) is 0 Å². The third-order valence-corrected chi connectivity index (χ3v) is 3.45. The normalized spacial score (nSPS) is 17.9. The lowest BCUT2D eigenvalue weighted by Crippen LogP contribution is -2.30. The smallest absolute Gasteiger partial charge is 0.0667 e. The highest BCUT2D eigenvalue weighted by Gasteiger charge is 2.35. The van der Waals surface area contributed by atoms with E-state index in [9.17, 15) is 0 Å². The summed E-state index contributed by atoms with van der Waals surface area (Å²) >= 11 is 0. The van der Waals surface area contributed by atoms with Gasteiger partial charge in [-0.05, 0) is 17.8 Å². The molecule has 0 spiro atoms. The Morgan fingerprint density at radius 1 is 1.17 bits per heavy atom. The van der Waals surface area contributed by atoms with Crippen LogP contribution in [-0.4, -0.2) is 7.85 Å². The molecule has 0 bridgehead atoms. The van der Waals surface area contributed by atoms with Gasteiger partial charge in [0.15, 0.2) is 0 Å². The Bertz CT molecular complexity index is 132. The quantitative estimate of drug-likeness (QED) is 0.565. The highest BCUT2D eigenvalue weighted by atomic mass is 14.4. The summed E-state index contributed by atoms with van der Waals surface area (Å²) in [5, 5.41) is 0.437. The summed E-state index contributed by atoms with van der Waals surface area (Å²) in [6, 6.07) is 0. The molecule has 0 aliphatic carbocycles. The van der Waals surface area contributed by atoms with Crippen LogP contribution in [0.5, 0.6) is 0 Å². The second-order valence-electron chi connectivity index (χ2n) is 5.76. The molecule has 0 nitrogen and oxygen atoms in total. The number of hydrogen-bond donors (Lipinski definition) is 0. The van der Waals surface area contributed by atoms with E-state index in [-0.39, 0.29) is 0 Å². The maximum Gasteiger partial charge on any atom is 0.109 e. The Labute approximate surface area is 79.5 Å². The Morgan fingerprint density at radius 2 is 1.58 bits per heavy atom. The zero-order chi connectivity index (χ0) is 9.99. The van der Waals surface area contributed by atoms with E-state index in [1.54, 1.807) is 0 Å². The van der Waals surface area contributed by atoms with Crippen LogP contribution in [0.25, 0.3) is 0 Å². The summed E-state index contributed by atoms with van der Waals surface area (Å²) < 4.78 is 0. The number of rotatable bonds is 4. The van der Waals surface area contributed by atoms with Crippen molar-refractivity contribution in [1.29, 1.82) is 0 Å². The van der Waals surface area contributed by atoms with E-state index in [0.717, 1.165) is 5.92 Å². The molecule has 1 unspecified atom stereocenters. The summed E-state index contributed by atoms with van der Waals surface area (Å²) in [6.07, 6.45) is 2.63. The van der Waals surface area contributed by atoms with Crippen LogP contribution in [0.4, 0.5) is 0 Å². The molecule has 0 saturated carbocycles. The predicted molar refractivity (Wildman–Crippen MR) is 60.4 cm³/mol. The molecule has 1 atom stereocenters. The minimum atomic E-state index is 0.437. The SMILES string of the molecule is BC(C)(C)C(C)(CC)CC(C)C. The van der Waals surface area contributed by atoms with Crippen LogP contribution in [0.15, 0.2) is 0 Å². The van der Waals surface area contributed by atoms with E-state index in [0.29, 0.717) is 10.7 Å². The van der Waals surface area contributed by atoms with Crippen molar-refractivity contribution in [2.45, 2.75) is 59.7 Å². The van der Waals surface area contributed by atoms with Gasteiger partial charge in [-0.1, -0.05) is 53.3 Å². The second-order valence-corrected chi connectivity index (χ2v) is 5.76. The van der Waals surface area contributed by atoms with E-state index in [2.05, 4.69) is 49.4 Å². The largest absolute Gasteiger partial charge is 0.109 e. The molecule has 0 saturated heterocycles. The fourth-order valence-corrected chi connectivity index (χ4v) is 1.88. The van der Waals surface area contributed by atoms with Crippen molar-refractivity contribution >= 4 is 7.85 Å². The van der Waals surface area contributed by atoms with Crippen molar-refractivity contribution in [2.75, 3.05) is 0 Å². The zero-order valence-electron chi connectivity index (χ0n) is 9.99. The summed E-state index contributed by atoms with van der Waals surface area (Å²) in [4.78, 5) is 0. The molecule has 0 N–H and O–H groups in total. The monoisotopic (exact) mass is 168 g/mol. The first-order valence-corrected chi connectivity index (χ1v) is 5.23. The van der Waals surface area contributed by atoms with Gasteiger partial charge in [-0.15, -0.1) is 0 Å². The minimum Gasteiger partial charge on any atom is -0.0667 e. The molecule has 0 amide bonds. The van der Waals surface area contributed by atoms with Gasteiger partial charge in [-0.2, -0.15) is 0 Å². The predicted octanol–water partition coefficient (Wildman–Crippen LogP) is 3.28. The molecular weight excluding hydrogens is 143 g/mol. The van der Waals surface area contributed by atoms with Crippen molar-refractivity contribution in [3.63, 3.8) is 0 Å². The molecule has 12 heavy (non-hydrogen) atoms. The van der Waals surface area contributed by atoms with Crippen LogP contribution >= 0.6 is 0 Å². The van der Waals surface area contributed by atoms with Gasteiger partial charge in [0.05, 0.1) is 0 Å². The fraction of sp³-hybridized carbons (Fsp3) is 1.00. The van der Waals surface area contributed by atoms with Crippen LogP contribution in [-0.2, 0) is 0 Å². The number of hydrogen-bond acceptors (Lipinski definition) is 0. The van der Waals surface area contributed by atoms with E-state index in [1.165, 1.54) is 12.8 Å². The average molecular weight is 168 g/mol. The molecular formula is C11H25B. The second kappa shape index (κ2) is 3.85. The Balaban J connectivity index is 4.46. The lowest BCUT2D eigenvalue weighted by atomic mass is 9.52. The van der Waals surface area contributed by atoms with E-state index >= 15 is 0 Å². The van der Waals surface area contributed by atoms with Crippen LogP contribution in [0.1, 0.15) is 54.4 Å². The summed E-state index contributed by atoms with van der Waals surface area (Å²) in [5.74, 6) is 0.814. The lowest BCUT2D eigenvalue weighted by molar-refractivity contribution is 0.178. The molecule has 1 heteroatoms. The molecule has 72 valence electrons. The Morgan fingerprint density at radius 3 is 1.67 bits per heavy atom. The highest BCUT2D eigenvalue weighted by molar-refractivity contribution is 6.15. The van der Waals surface area contributed by atoms with E-state index < -0.39 is 0 Å². The third-order valence-electron chi connectivity index (χ3n) is 3.45. The van der Waals surface area contributed by atoms with Gasteiger partial charge in [-0.25, -0.2) is 0 Å². The van der Waals surface area contributed by atoms with Crippen LogP contribution in [0.2, 0.25) is 5.31 Å². The van der Waals surface area contributed by atoms with Crippen molar-refractivity contribution < 1.29 is 0 Å². The molecule has 0 aliphatic rings. The van der Waals surface area contributed by atoms with Crippen molar-refractivity contribution in [2.24, 2.45) is 11.3 Å². The zero-order valence-corrected chi connectivity index (χ0v) is 9.99. The van der Waals surface area contributed by atoms with E-state index in [1.807, 2.05) is 0 Å². The summed E-state index contributed by atoms with van der Waals surface area (Å²) in [6.45, 7) is 14.1. The van der Waals surface area contributed by atoms with E-state index in [4.69, 9.17) is 0 Å². The topological polar surface area (TPSA) is 0 Å². The summed E-state index contributed by atoms with van der Waals surface area (Å²) in [5.41, 5.74) is 0.501. The van der Waals surface area contributed by atoms with Gasteiger partial charge in [-0.3, -0.25) is 0 Å². The molecule has 0 aliphatic heterocycles. The highest BCUT2D eigenvalue weighted by Crippen LogP contribution is 2.48. The van der Waals surface area contributed by atoms with Crippen LogP contribution in [0, 0.1) is 11.3 Å². The van der Waals surface area contributed by atoms with Gasteiger partial charge >= 0.3 is 0 Å². The van der Waals surface area contributed by atoms with Gasteiger partial charge in [0, 0.05) is 0 Å². The Hall–Kier alpha value is 0.0649. The fourth-order valence-electron chi connectivity index (χ4n) is 1.88. The molecule has 0 aromatic heterocycles. The average Bonchev–Trinajstić information content (AvgIpc) is 1.83. The van der Waals surface area contributed by atoms with Crippen LogP contribution < -0.4 is 0 Å². The lowest BCUT2D eigenvalue weighted by Gasteiger charge is -2.43. The summed E-state index contributed by atoms with van der Waals surface area (Å²) in [7, 11) is 2.36. The molecule has 0 fully saturated rings. The molecule has 0 radical (unpaired) electrons. The van der Waals surface area contributed by atoms with Crippen molar-refractivity contribution in [3.8, 4) is 0 Å². The first-order valence-electron chi connectivity index (χ1n) is 5.23. The standard InChI is InChI=1S/C11H25B/c1-7-11(6,8-9(2)3)10(4,5)12/h9H,7-8,12H2,1-6H3.